The van der Waals surface area contributed by atoms with Crippen molar-refractivity contribution in [1.82, 2.24) is 5.32 Å². The van der Waals surface area contributed by atoms with Gasteiger partial charge in [0.05, 0.1) is 12.7 Å². The van der Waals surface area contributed by atoms with E-state index in [0.717, 1.165) is 25.5 Å². The van der Waals surface area contributed by atoms with Crippen LogP contribution in [0.15, 0.2) is 0 Å². The molecule has 0 fully saturated rings. The van der Waals surface area contributed by atoms with E-state index in [4.69, 9.17) is 10.5 Å². The minimum absolute atomic E-state index is 0.412. The van der Waals surface area contributed by atoms with Gasteiger partial charge in [-0.25, -0.2) is 0 Å². The van der Waals surface area contributed by atoms with Gasteiger partial charge in [0.2, 0.25) is 0 Å². The van der Waals surface area contributed by atoms with Crippen molar-refractivity contribution in [2.75, 3.05) is 32.8 Å². The van der Waals surface area contributed by atoms with Gasteiger partial charge in [-0.2, -0.15) is 0 Å². The van der Waals surface area contributed by atoms with Gasteiger partial charge in [-0.1, -0.05) is 13.8 Å². The molecule has 15 heavy (non-hydrogen) atoms. The van der Waals surface area contributed by atoms with Crippen molar-refractivity contribution in [3.05, 3.63) is 0 Å². The highest BCUT2D eigenvalue weighted by Crippen LogP contribution is 2.03. The molecular weight excluding hydrogens is 192 g/mol. The largest absolute Gasteiger partial charge is 0.389 e. The number of rotatable bonds is 10. The third kappa shape index (κ3) is 11.8. The Labute approximate surface area is 93.2 Å². The minimum atomic E-state index is -0.421. The molecule has 0 aromatic heterocycles. The summed E-state index contributed by atoms with van der Waals surface area (Å²) in [5.41, 5.74) is 5.31. The van der Waals surface area contributed by atoms with E-state index in [1.165, 1.54) is 6.42 Å². The maximum absolute atomic E-state index is 9.46. The van der Waals surface area contributed by atoms with E-state index in [1.54, 1.807) is 0 Å². The molecule has 0 saturated carbocycles. The van der Waals surface area contributed by atoms with Gasteiger partial charge in [-0.15, -0.1) is 0 Å². The van der Waals surface area contributed by atoms with Crippen molar-refractivity contribution in [3.63, 3.8) is 0 Å². The van der Waals surface area contributed by atoms with Crippen LogP contribution in [0.2, 0.25) is 0 Å². The third-order valence-corrected chi connectivity index (χ3v) is 2.08. The summed E-state index contributed by atoms with van der Waals surface area (Å²) in [6.07, 6.45) is 1.83. The number of nitrogens with two attached hydrogens (primary N) is 1. The van der Waals surface area contributed by atoms with Crippen LogP contribution in [0.4, 0.5) is 0 Å². The Morgan fingerprint density at radius 2 is 2.13 bits per heavy atom. The molecule has 0 saturated heterocycles. The Morgan fingerprint density at radius 3 is 2.73 bits per heavy atom. The lowest BCUT2D eigenvalue weighted by Crippen LogP contribution is -2.33. The summed E-state index contributed by atoms with van der Waals surface area (Å²) in [4.78, 5) is 0. The predicted octanol–water partition coefficient (Wildman–Crippen LogP) is 0.348. The standard InChI is InChI=1S/C11H26N2O2/c1-10(2)4-3-7-15-9-11(14)8-13-6-5-12/h10-11,13-14H,3-9,12H2,1-2H3. The molecule has 0 bridgehead atoms. The molecule has 1 atom stereocenters. The molecular formula is C11H26N2O2. The molecule has 0 amide bonds. The summed E-state index contributed by atoms with van der Waals surface area (Å²) in [5, 5.41) is 12.5. The van der Waals surface area contributed by atoms with E-state index in [2.05, 4.69) is 19.2 Å². The predicted molar refractivity (Wildman–Crippen MR) is 62.8 cm³/mol. The Morgan fingerprint density at radius 1 is 1.40 bits per heavy atom. The maximum Gasteiger partial charge on any atom is 0.0897 e. The molecule has 0 aliphatic heterocycles. The summed E-state index contributed by atoms with van der Waals surface area (Å²) in [6.45, 7) is 7.45. The minimum Gasteiger partial charge on any atom is -0.389 e. The quantitative estimate of drug-likeness (QED) is 0.463. The van der Waals surface area contributed by atoms with E-state index < -0.39 is 6.10 Å². The lowest BCUT2D eigenvalue weighted by atomic mass is 10.1. The third-order valence-electron chi connectivity index (χ3n) is 2.08. The fourth-order valence-corrected chi connectivity index (χ4v) is 1.24. The molecule has 0 aromatic rings. The molecule has 4 N–H and O–H groups in total. The number of aliphatic hydroxyl groups excluding tert-OH is 1. The van der Waals surface area contributed by atoms with Crippen molar-refractivity contribution in [1.29, 1.82) is 0 Å². The van der Waals surface area contributed by atoms with E-state index in [0.29, 0.717) is 19.7 Å². The van der Waals surface area contributed by atoms with Crippen molar-refractivity contribution < 1.29 is 9.84 Å². The summed E-state index contributed by atoms with van der Waals surface area (Å²) in [6, 6.07) is 0. The van der Waals surface area contributed by atoms with Gasteiger partial charge in [0.1, 0.15) is 0 Å². The molecule has 0 heterocycles. The maximum atomic E-state index is 9.46. The molecule has 4 nitrogen and oxygen atoms in total. The van der Waals surface area contributed by atoms with Crippen LogP contribution >= 0.6 is 0 Å². The number of aliphatic hydroxyl groups is 1. The van der Waals surface area contributed by atoms with Crippen molar-refractivity contribution >= 4 is 0 Å². The van der Waals surface area contributed by atoms with Gasteiger partial charge in [-0.3, -0.25) is 0 Å². The molecule has 0 aliphatic carbocycles. The molecule has 1 unspecified atom stereocenters. The first-order valence-corrected chi connectivity index (χ1v) is 5.83. The number of ether oxygens (including phenoxy) is 1. The molecule has 92 valence electrons. The summed E-state index contributed by atoms with van der Waals surface area (Å²) < 4.78 is 5.36. The average Bonchev–Trinajstić information content (AvgIpc) is 2.17. The monoisotopic (exact) mass is 218 g/mol. The first-order chi connectivity index (χ1) is 7.16. The van der Waals surface area contributed by atoms with Crippen LogP contribution in [-0.4, -0.2) is 44.1 Å². The van der Waals surface area contributed by atoms with Gasteiger partial charge in [0, 0.05) is 26.2 Å². The lowest BCUT2D eigenvalue weighted by molar-refractivity contribution is 0.0350. The molecule has 4 heteroatoms. The van der Waals surface area contributed by atoms with Gasteiger partial charge in [-0.05, 0) is 18.8 Å². The van der Waals surface area contributed by atoms with Crippen LogP contribution < -0.4 is 11.1 Å². The Kier molecular flexibility index (Phi) is 10.3. The fraction of sp³-hybridized carbons (Fsp3) is 1.00. The molecule has 0 aliphatic rings. The number of nitrogens with one attached hydrogen (secondary N) is 1. The van der Waals surface area contributed by atoms with Gasteiger partial charge >= 0.3 is 0 Å². The van der Waals surface area contributed by atoms with Crippen LogP contribution in [0.5, 0.6) is 0 Å². The normalized spacial score (nSPS) is 13.4. The van der Waals surface area contributed by atoms with E-state index in [9.17, 15) is 5.11 Å². The van der Waals surface area contributed by atoms with E-state index >= 15 is 0 Å². The van der Waals surface area contributed by atoms with Crippen molar-refractivity contribution in [2.45, 2.75) is 32.8 Å². The zero-order valence-electron chi connectivity index (χ0n) is 10.0. The van der Waals surface area contributed by atoms with Gasteiger partial charge in [0.15, 0.2) is 0 Å². The Bertz CT molecular complexity index is 132. The zero-order valence-corrected chi connectivity index (χ0v) is 10.0. The Hall–Kier alpha value is -0.160. The van der Waals surface area contributed by atoms with E-state index in [-0.39, 0.29) is 0 Å². The second kappa shape index (κ2) is 10.4. The van der Waals surface area contributed by atoms with Gasteiger partial charge < -0.3 is 20.9 Å². The highest BCUT2D eigenvalue weighted by Gasteiger charge is 2.03. The van der Waals surface area contributed by atoms with Gasteiger partial charge in [0.25, 0.3) is 0 Å². The lowest BCUT2D eigenvalue weighted by Gasteiger charge is -2.12. The first-order valence-electron chi connectivity index (χ1n) is 5.83. The van der Waals surface area contributed by atoms with Crippen LogP contribution in [-0.2, 0) is 4.74 Å². The molecule has 0 rings (SSSR count). The number of hydrogen-bond acceptors (Lipinski definition) is 4. The Balaban J connectivity index is 3.13. The summed E-state index contributed by atoms with van der Waals surface area (Å²) in [7, 11) is 0. The van der Waals surface area contributed by atoms with Crippen LogP contribution in [0.25, 0.3) is 0 Å². The van der Waals surface area contributed by atoms with Crippen molar-refractivity contribution in [3.8, 4) is 0 Å². The van der Waals surface area contributed by atoms with Crippen molar-refractivity contribution in [2.24, 2.45) is 11.7 Å². The van der Waals surface area contributed by atoms with E-state index in [1.807, 2.05) is 0 Å². The van der Waals surface area contributed by atoms with Crippen LogP contribution in [0.1, 0.15) is 26.7 Å². The second-order valence-electron chi connectivity index (χ2n) is 4.26. The fourth-order valence-electron chi connectivity index (χ4n) is 1.24. The topological polar surface area (TPSA) is 67.5 Å². The SMILES string of the molecule is CC(C)CCCOCC(O)CNCCN. The molecule has 0 radical (unpaired) electrons. The summed E-state index contributed by atoms with van der Waals surface area (Å²) in [5.74, 6) is 0.727. The average molecular weight is 218 g/mol. The van der Waals surface area contributed by atoms with Crippen LogP contribution in [0, 0.1) is 5.92 Å². The smallest absolute Gasteiger partial charge is 0.0897 e. The highest BCUT2D eigenvalue weighted by atomic mass is 16.5. The summed E-state index contributed by atoms with van der Waals surface area (Å²) >= 11 is 0. The molecule has 0 spiro atoms. The molecule has 0 aromatic carbocycles. The first kappa shape index (κ1) is 14.8. The number of hydrogen-bond donors (Lipinski definition) is 3. The zero-order chi connectivity index (χ0) is 11.5. The second-order valence-corrected chi connectivity index (χ2v) is 4.26. The highest BCUT2D eigenvalue weighted by molar-refractivity contribution is 4.58. The van der Waals surface area contributed by atoms with Crippen LogP contribution in [0.3, 0.4) is 0 Å².